The lowest BCUT2D eigenvalue weighted by Gasteiger charge is -2.14. The van der Waals surface area contributed by atoms with Crippen LogP contribution >= 0.6 is 0 Å². The topological polar surface area (TPSA) is 90.2 Å². The summed E-state index contributed by atoms with van der Waals surface area (Å²) in [5.41, 5.74) is 16.2. The third-order valence-electron chi connectivity index (χ3n) is 11.1. The van der Waals surface area contributed by atoms with Gasteiger partial charge in [-0.15, -0.1) is 0 Å². The summed E-state index contributed by atoms with van der Waals surface area (Å²) >= 11 is 0. The average molecular weight is 842 g/mol. The Hall–Kier alpha value is -8.29. The van der Waals surface area contributed by atoms with Gasteiger partial charge in [-0.1, -0.05) is 130 Å². The Morgan fingerprint density at radius 3 is 0.969 bits per heavy atom. The van der Waals surface area contributed by atoms with E-state index in [-0.39, 0.29) is 0 Å². The SMILES string of the molecule is CC(C)c1cc(-c2cccc(-c3ccccn3)c2)cc(-c2cccc(-c3ccccn3)c2)c1.CCc1nc(-c2cccc(-c3ccccn3)c2)nc(-c2cccc(-c3ccccn3)c2)n1. The van der Waals surface area contributed by atoms with Gasteiger partial charge in [0.15, 0.2) is 11.6 Å². The van der Waals surface area contributed by atoms with Crippen molar-refractivity contribution in [1.82, 2.24) is 34.9 Å². The highest BCUT2D eigenvalue weighted by molar-refractivity contribution is 5.79. The zero-order valence-corrected chi connectivity index (χ0v) is 36.6. The normalized spacial score (nSPS) is 10.9. The molecule has 0 aliphatic carbocycles. The maximum atomic E-state index is 4.83. The van der Waals surface area contributed by atoms with Crippen LogP contribution in [0.25, 0.3) is 90.1 Å². The molecule has 0 aliphatic heterocycles. The van der Waals surface area contributed by atoms with E-state index in [1.807, 2.05) is 109 Å². The van der Waals surface area contributed by atoms with Crippen molar-refractivity contribution in [2.24, 2.45) is 0 Å². The third kappa shape index (κ3) is 10.2. The van der Waals surface area contributed by atoms with Crippen molar-refractivity contribution in [3.8, 4) is 90.1 Å². The summed E-state index contributed by atoms with van der Waals surface area (Å²) in [6, 6.07) is 64.4. The third-order valence-corrected chi connectivity index (χ3v) is 11.1. The van der Waals surface area contributed by atoms with Crippen LogP contribution in [0.15, 0.2) is 213 Å². The predicted octanol–water partition coefficient (Wildman–Crippen LogP) is 14.2. The first-order valence-corrected chi connectivity index (χ1v) is 21.9. The zero-order valence-electron chi connectivity index (χ0n) is 36.6. The van der Waals surface area contributed by atoms with Crippen LogP contribution in [-0.2, 0) is 6.42 Å². The quantitative estimate of drug-likeness (QED) is 0.135. The lowest BCUT2D eigenvalue weighted by molar-refractivity contribution is 0.867. The molecule has 0 radical (unpaired) electrons. The second-order valence-electron chi connectivity index (χ2n) is 15.9. The molecule has 7 nitrogen and oxygen atoms in total. The first kappa shape index (κ1) is 42.0. The fourth-order valence-corrected chi connectivity index (χ4v) is 7.64. The molecule has 0 atom stereocenters. The first-order valence-electron chi connectivity index (χ1n) is 21.9. The van der Waals surface area contributed by atoms with Gasteiger partial charge in [0.1, 0.15) is 5.82 Å². The molecule has 10 rings (SSSR count). The molecule has 5 aromatic carbocycles. The molecule has 65 heavy (non-hydrogen) atoms. The van der Waals surface area contributed by atoms with Crippen molar-refractivity contribution in [3.63, 3.8) is 0 Å². The number of aromatic nitrogens is 7. The highest BCUT2D eigenvalue weighted by Gasteiger charge is 2.14. The molecule has 314 valence electrons. The maximum absolute atomic E-state index is 4.83. The number of rotatable bonds is 10. The molecule has 0 saturated carbocycles. The Morgan fingerprint density at radius 2 is 0.646 bits per heavy atom. The minimum atomic E-state index is 0.432. The molecule has 0 spiro atoms. The van der Waals surface area contributed by atoms with Gasteiger partial charge in [0.2, 0.25) is 0 Å². The average Bonchev–Trinajstić information content (AvgIpc) is 3.39. The number of benzene rings is 5. The van der Waals surface area contributed by atoms with Crippen molar-refractivity contribution < 1.29 is 0 Å². The number of nitrogens with zero attached hydrogens (tertiary/aromatic N) is 7. The molecule has 0 fully saturated rings. The summed E-state index contributed by atoms with van der Waals surface area (Å²) in [5, 5.41) is 0. The summed E-state index contributed by atoms with van der Waals surface area (Å²) in [6.07, 6.45) is 8.00. The molecular weight excluding hydrogens is 795 g/mol. The summed E-state index contributed by atoms with van der Waals surface area (Å²) in [5.74, 6) is 2.51. The summed E-state index contributed by atoms with van der Waals surface area (Å²) in [4.78, 5) is 32.2. The zero-order chi connectivity index (χ0) is 44.4. The Balaban J connectivity index is 0.000000164. The van der Waals surface area contributed by atoms with Crippen LogP contribution in [0.1, 0.15) is 38.1 Å². The van der Waals surface area contributed by atoms with E-state index < -0.39 is 0 Å². The molecule has 5 heterocycles. The highest BCUT2D eigenvalue weighted by Crippen LogP contribution is 2.34. The molecule has 0 amide bonds. The van der Waals surface area contributed by atoms with Gasteiger partial charge in [-0.2, -0.15) is 0 Å². The van der Waals surface area contributed by atoms with E-state index in [9.17, 15) is 0 Å². The van der Waals surface area contributed by atoms with E-state index in [0.29, 0.717) is 17.6 Å². The van der Waals surface area contributed by atoms with Crippen molar-refractivity contribution in [3.05, 3.63) is 224 Å². The van der Waals surface area contributed by atoms with Crippen LogP contribution in [0, 0.1) is 0 Å². The molecule has 0 saturated heterocycles. The summed E-state index contributed by atoms with van der Waals surface area (Å²) in [6.45, 7) is 6.55. The van der Waals surface area contributed by atoms with Gasteiger partial charge in [0.25, 0.3) is 0 Å². The molecule has 7 heteroatoms. The lowest BCUT2D eigenvalue weighted by Crippen LogP contribution is -2.02. The van der Waals surface area contributed by atoms with Gasteiger partial charge in [0, 0.05) is 64.6 Å². The standard InChI is InChI=1S/C31H26N2.C27H21N5/c1-22(2)27-19-28(23-9-7-11-25(17-23)30-13-3-5-15-32-30)21-29(20-27)24-10-8-12-26(18-24)31-14-4-6-16-33-31;1-2-25-30-26(21-11-7-9-19(17-21)23-13-3-5-15-28-23)32-27(31-25)22-12-8-10-20(18-22)24-14-4-6-16-29-24/h3-22H,1-2H3;3-18H,2H2,1H3. The van der Waals surface area contributed by atoms with E-state index in [4.69, 9.17) is 15.0 Å². The van der Waals surface area contributed by atoms with Crippen molar-refractivity contribution >= 4 is 0 Å². The van der Waals surface area contributed by atoms with Gasteiger partial charge in [-0.05, 0) is 113 Å². The number of hydrogen-bond donors (Lipinski definition) is 0. The van der Waals surface area contributed by atoms with Gasteiger partial charge < -0.3 is 0 Å². The number of pyridine rings is 4. The fraction of sp³-hybridized carbons (Fsp3) is 0.0862. The molecule has 0 aliphatic rings. The van der Waals surface area contributed by atoms with Crippen LogP contribution in [0.4, 0.5) is 0 Å². The van der Waals surface area contributed by atoms with E-state index in [2.05, 4.69) is 132 Å². The van der Waals surface area contributed by atoms with E-state index in [1.165, 1.54) is 27.8 Å². The summed E-state index contributed by atoms with van der Waals surface area (Å²) < 4.78 is 0. The Morgan fingerprint density at radius 1 is 0.323 bits per heavy atom. The number of aryl methyl sites for hydroxylation is 1. The Kier molecular flexibility index (Phi) is 12.8. The second kappa shape index (κ2) is 19.8. The van der Waals surface area contributed by atoms with Crippen LogP contribution in [0.5, 0.6) is 0 Å². The van der Waals surface area contributed by atoms with E-state index >= 15 is 0 Å². The van der Waals surface area contributed by atoms with Gasteiger partial charge in [-0.25, -0.2) is 15.0 Å². The first-order chi connectivity index (χ1) is 32.0. The van der Waals surface area contributed by atoms with Crippen molar-refractivity contribution in [2.75, 3.05) is 0 Å². The second-order valence-corrected chi connectivity index (χ2v) is 15.9. The van der Waals surface area contributed by atoms with Crippen molar-refractivity contribution in [2.45, 2.75) is 33.1 Å². The van der Waals surface area contributed by atoms with Gasteiger partial charge in [-0.3, -0.25) is 19.9 Å². The minimum Gasteiger partial charge on any atom is -0.256 e. The lowest BCUT2D eigenvalue weighted by atomic mass is 9.91. The fourth-order valence-electron chi connectivity index (χ4n) is 7.64. The molecule has 0 bridgehead atoms. The molecule has 0 unspecified atom stereocenters. The highest BCUT2D eigenvalue weighted by atomic mass is 15.0. The van der Waals surface area contributed by atoms with Crippen LogP contribution in [0.2, 0.25) is 0 Å². The Labute approximate surface area is 380 Å². The smallest absolute Gasteiger partial charge is 0.163 e. The van der Waals surface area contributed by atoms with Crippen LogP contribution in [0.3, 0.4) is 0 Å². The molecule has 5 aromatic heterocycles. The number of hydrogen-bond acceptors (Lipinski definition) is 7. The predicted molar refractivity (Wildman–Crippen MR) is 264 cm³/mol. The van der Waals surface area contributed by atoms with Crippen LogP contribution < -0.4 is 0 Å². The monoisotopic (exact) mass is 841 g/mol. The molecule has 0 N–H and O–H groups in total. The van der Waals surface area contributed by atoms with E-state index in [1.54, 1.807) is 12.4 Å². The minimum absolute atomic E-state index is 0.432. The Bertz CT molecular complexity index is 2950. The van der Waals surface area contributed by atoms with Crippen molar-refractivity contribution in [1.29, 1.82) is 0 Å². The maximum Gasteiger partial charge on any atom is 0.163 e. The van der Waals surface area contributed by atoms with Crippen LogP contribution in [-0.4, -0.2) is 34.9 Å². The van der Waals surface area contributed by atoms with E-state index in [0.717, 1.165) is 68.4 Å². The van der Waals surface area contributed by atoms with Gasteiger partial charge >= 0.3 is 0 Å². The largest absolute Gasteiger partial charge is 0.256 e. The molecule has 10 aromatic rings. The summed E-state index contributed by atoms with van der Waals surface area (Å²) in [7, 11) is 0. The van der Waals surface area contributed by atoms with Gasteiger partial charge in [0.05, 0.1) is 22.8 Å². The molecular formula is C58H47N7.